The second-order valence-corrected chi connectivity index (χ2v) is 7.07. The molecule has 3 heterocycles. The Kier molecular flexibility index (Phi) is 6.22. The molecule has 0 aliphatic carbocycles. The van der Waals surface area contributed by atoms with Gasteiger partial charge in [-0.25, -0.2) is 4.98 Å². The van der Waals surface area contributed by atoms with Gasteiger partial charge in [0.1, 0.15) is 5.75 Å². The number of amides is 1. The number of nitrogens with one attached hydrogen (secondary N) is 1. The fraction of sp³-hybridized carbons (Fsp3) is 0.150. The summed E-state index contributed by atoms with van der Waals surface area (Å²) < 4.78 is 34.9. The fourth-order valence-corrected chi connectivity index (χ4v) is 3.44. The first-order valence-corrected chi connectivity index (χ1v) is 9.99. The van der Waals surface area contributed by atoms with Gasteiger partial charge in [0.25, 0.3) is 0 Å². The van der Waals surface area contributed by atoms with E-state index in [4.69, 9.17) is 4.52 Å². The summed E-state index contributed by atoms with van der Waals surface area (Å²) in [7, 11) is 0. The van der Waals surface area contributed by atoms with Crippen LogP contribution >= 0.6 is 11.3 Å². The van der Waals surface area contributed by atoms with Gasteiger partial charge in [0.15, 0.2) is 5.13 Å². The van der Waals surface area contributed by atoms with Crippen molar-refractivity contribution in [3.05, 3.63) is 60.1 Å². The third kappa shape index (κ3) is 5.25. The number of hydrogen-bond acceptors (Lipinski definition) is 8. The van der Waals surface area contributed by atoms with Crippen LogP contribution in [0.15, 0.2) is 58.7 Å². The number of hydrogen-bond donors (Lipinski definition) is 1. The van der Waals surface area contributed by atoms with Gasteiger partial charge in [0.2, 0.25) is 17.6 Å². The van der Waals surface area contributed by atoms with Crippen molar-refractivity contribution >= 4 is 22.4 Å². The first-order chi connectivity index (χ1) is 15.1. The van der Waals surface area contributed by atoms with Crippen molar-refractivity contribution in [2.75, 3.05) is 5.32 Å². The van der Waals surface area contributed by atoms with Crippen molar-refractivity contribution in [3.8, 4) is 28.4 Å². The van der Waals surface area contributed by atoms with Crippen molar-refractivity contribution in [2.24, 2.45) is 0 Å². The van der Waals surface area contributed by atoms with E-state index in [1.54, 1.807) is 48.1 Å². The molecule has 158 valence electrons. The number of benzene rings is 1. The highest BCUT2D eigenvalue weighted by Crippen LogP contribution is 2.33. The molecule has 0 unspecified atom stereocenters. The van der Waals surface area contributed by atoms with Gasteiger partial charge < -0.3 is 14.6 Å². The van der Waals surface area contributed by atoms with Gasteiger partial charge >= 0.3 is 6.61 Å². The molecule has 4 rings (SSSR count). The Labute approximate surface area is 178 Å². The predicted molar refractivity (Wildman–Crippen MR) is 109 cm³/mol. The van der Waals surface area contributed by atoms with Crippen LogP contribution in [0.1, 0.15) is 12.3 Å². The van der Waals surface area contributed by atoms with Crippen molar-refractivity contribution in [1.29, 1.82) is 0 Å². The molecule has 0 spiro atoms. The van der Waals surface area contributed by atoms with E-state index in [-0.39, 0.29) is 24.5 Å². The molecule has 31 heavy (non-hydrogen) atoms. The zero-order chi connectivity index (χ0) is 21.6. The molecular formula is C20H15F2N5O3S. The first-order valence-electron chi connectivity index (χ1n) is 9.11. The lowest BCUT2D eigenvalue weighted by atomic mass is 10.1. The summed E-state index contributed by atoms with van der Waals surface area (Å²) in [6.07, 6.45) is 3.61. The summed E-state index contributed by atoms with van der Waals surface area (Å²) in [6.45, 7) is -2.94. The van der Waals surface area contributed by atoms with Gasteiger partial charge in [-0.2, -0.15) is 13.8 Å². The van der Waals surface area contributed by atoms with E-state index in [2.05, 4.69) is 30.2 Å². The topological polar surface area (TPSA) is 103 Å². The molecule has 0 saturated heterocycles. The molecule has 0 aliphatic rings. The van der Waals surface area contributed by atoms with Gasteiger partial charge in [-0.15, -0.1) is 11.3 Å². The number of aryl methyl sites for hydroxylation is 1. The fourth-order valence-electron chi connectivity index (χ4n) is 2.71. The quantitative estimate of drug-likeness (QED) is 0.430. The van der Waals surface area contributed by atoms with E-state index in [1.165, 1.54) is 17.4 Å². The number of thiazole rings is 1. The van der Waals surface area contributed by atoms with Crippen molar-refractivity contribution < 1.29 is 22.8 Å². The van der Waals surface area contributed by atoms with Crippen LogP contribution in [0.25, 0.3) is 22.6 Å². The minimum Gasteiger partial charge on any atom is -0.434 e. The van der Waals surface area contributed by atoms with Crippen molar-refractivity contribution in [2.45, 2.75) is 19.5 Å². The van der Waals surface area contributed by atoms with Gasteiger partial charge in [-0.1, -0.05) is 17.3 Å². The third-order valence-corrected chi connectivity index (χ3v) is 4.86. The Hall–Kier alpha value is -3.73. The van der Waals surface area contributed by atoms with Crippen LogP contribution in [-0.4, -0.2) is 32.6 Å². The second kappa shape index (κ2) is 9.39. The van der Waals surface area contributed by atoms with E-state index >= 15 is 0 Å². The highest BCUT2D eigenvalue weighted by molar-refractivity contribution is 7.14. The van der Waals surface area contributed by atoms with E-state index in [1.807, 2.05) is 0 Å². The molecule has 4 aromatic rings. The summed E-state index contributed by atoms with van der Waals surface area (Å²) >= 11 is 1.18. The highest BCUT2D eigenvalue weighted by Gasteiger charge is 2.15. The van der Waals surface area contributed by atoms with Crippen LogP contribution in [0.2, 0.25) is 0 Å². The summed E-state index contributed by atoms with van der Waals surface area (Å²) in [4.78, 5) is 24.7. The molecule has 1 N–H and O–H groups in total. The van der Waals surface area contributed by atoms with Crippen LogP contribution in [0.5, 0.6) is 5.75 Å². The van der Waals surface area contributed by atoms with E-state index in [9.17, 15) is 13.6 Å². The normalized spacial score (nSPS) is 10.9. The number of ether oxygens (including phenoxy) is 1. The van der Waals surface area contributed by atoms with E-state index in [0.29, 0.717) is 28.1 Å². The minimum absolute atomic E-state index is 0.0158. The van der Waals surface area contributed by atoms with Crippen LogP contribution in [-0.2, 0) is 11.2 Å². The van der Waals surface area contributed by atoms with E-state index in [0.717, 1.165) is 5.56 Å². The summed E-state index contributed by atoms with van der Waals surface area (Å²) in [5, 5.41) is 8.57. The number of alkyl halides is 2. The molecule has 0 saturated carbocycles. The number of nitrogens with zero attached hydrogens (tertiary/aromatic N) is 4. The smallest absolute Gasteiger partial charge is 0.387 e. The molecule has 0 bridgehead atoms. The Morgan fingerprint density at radius 3 is 2.77 bits per heavy atom. The molecule has 11 heteroatoms. The van der Waals surface area contributed by atoms with Crippen LogP contribution in [0.4, 0.5) is 13.9 Å². The first kappa shape index (κ1) is 20.5. The maximum Gasteiger partial charge on any atom is 0.387 e. The molecule has 1 aromatic carbocycles. The standard InChI is InChI=1S/C20H15F2N5O3S/c21-19(22)29-15-4-2-1-3-13(15)14-11-31-20(24-14)25-16(28)5-6-17-26-18(27-30-17)12-7-9-23-10-8-12/h1-4,7-11,19H,5-6H2,(H,24,25,28). The Balaban J connectivity index is 1.35. The lowest BCUT2D eigenvalue weighted by molar-refractivity contribution is -0.116. The Morgan fingerprint density at radius 1 is 1.16 bits per heavy atom. The molecule has 0 atom stereocenters. The molecule has 8 nitrogen and oxygen atoms in total. The van der Waals surface area contributed by atoms with Gasteiger partial charge in [-0.05, 0) is 24.3 Å². The van der Waals surface area contributed by atoms with Crippen LogP contribution < -0.4 is 10.1 Å². The monoisotopic (exact) mass is 443 g/mol. The number of halogens is 2. The predicted octanol–water partition coefficient (Wildman–Crippen LogP) is 4.43. The Morgan fingerprint density at radius 2 is 1.97 bits per heavy atom. The van der Waals surface area contributed by atoms with Crippen molar-refractivity contribution in [1.82, 2.24) is 20.1 Å². The van der Waals surface area contributed by atoms with Crippen LogP contribution in [0.3, 0.4) is 0 Å². The lowest BCUT2D eigenvalue weighted by Gasteiger charge is -2.08. The molecule has 1 amide bonds. The number of aromatic nitrogens is 4. The summed E-state index contributed by atoms with van der Waals surface area (Å²) in [5.41, 5.74) is 1.60. The van der Waals surface area contributed by atoms with Gasteiger partial charge in [-0.3, -0.25) is 9.78 Å². The van der Waals surface area contributed by atoms with Crippen molar-refractivity contribution in [3.63, 3.8) is 0 Å². The van der Waals surface area contributed by atoms with E-state index < -0.39 is 6.61 Å². The number of carbonyl (C=O) groups is 1. The largest absolute Gasteiger partial charge is 0.434 e. The second-order valence-electron chi connectivity index (χ2n) is 6.21. The maximum atomic E-state index is 12.6. The summed E-state index contributed by atoms with van der Waals surface area (Å²) in [5.74, 6) is 0.482. The third-order valence-electron chi connectivity index (χ3n) is 4.10. The zero-order valence-electron chi connectivity index (χ0n) is 15.9. The van der Waals surface area contributed by atoms with Gasteiger partial charge in [0.05, 0.1) is 5.69 Å². The average Bonchev–Trinajstić information content (AvgIpc) is 3.43. The Bertz CT molecular complexity index is 1170. The molecule has 0 radical (unpaired) electrons. The lowest BCUT2D eigenvalue weighted by Crippen LogP contribution is -2.12. The molecule has 0 aliphatic heterocycles. The number of carbonyl (C=O) groups excluding carboxylic acids is 1. The summed E-state index contributed by atoms with van der Waals surface area (Å²) in [6, 6.07) is 9.85. The van der Waals surface area contributed by atoms with Gasteiger partial charge in [0, 0.05) is 41.7 Å². The highest BCUT2D eigenvalue weighted by atomic mass is 32.1. The number of para-hydroxylation sites is 1. The zero-order valence-corrected chi connectivity index (χ0v) is 16.7. The minimum atomic E-state index is -2.94. The number of anilines is 1. The number of pyridine rings is 1. The SMILES string of the molecule is O=C(CCc1nc(-c2ccncc2)no1)Nc1nc(-c2ccccc2OC(F)F)cs1. The molecule has 3 aromatic heterocycles. The number of rotatable bonds is 8. The van der Waals surface area contributed by atoms with Crippen LogP contribution in [0, 0.1) is 0 Å². The average molecular weight is 443 g/mol. The molecular weight excluding hydrogens is 428 g/mol. The maximum absolute atomic E-state index is 12.6. The molecule has 0 fully saturated rings.